The molecule has 2 aromatic rings. The smallest absolute Gasteiger partial charge is 0.342 e. The fraction of sp³-hybridized carbons (Fsp3) is 0.346. The van der Waals surface area contributed by atoms with Gasteiger partial charge in [-0.05, 0) is 42.9 Å². The largest absolute Gasteiger partial charge is 0.508 e. The number of ether oxygens (including phenoxy) is 1. The molecule has 2 atom stereocenters. The van der Waals surface area contributed by atoms with Crippen LogP contribution >= 0.6 is 0 Å². The quantitative estimate of drug-likeness (QED) is 0.364. The molecule has 3 N–H and O–H groups in total. The molecule has 1 aliphatic rings. The summed E-state index contributed by atoms with van der Waals surface area (Å²) in [6.07, 6.45) is 10.2. The number of carbonyl (C=O) groups excluding carboxylic acids is 1. The van der Waals surface area contributed by atoms with Crippen molar-refractivity contribution in [2.75, 3.05) is 6.61 Å². The van der Waals surface area contributed by atoms with Crippen LogP contribution in [0.1, 0.15) is 46.8 Å². The molecule has 0 saturated carbocycles. The number of esters is 1. The zero-order valence-electron chi connectivity index (χ0n) is 18.6. The van der Waals surface area contributed by atoms with E-state index >= 15 is 0 Å². The van der Waals surface area contributed by atoms with Crippen molar-refractivity contribution in [1.82, 2.24) is 5.48 Å². The van der Waals surface area contributed by atoms with Crippen LogP contribution in [0.2, 0.25) is 0 Å². The van der Waals surface area contributed by atoms with E-state index in [2.05, 4.69) is 17.6 Å². The van der Waals surface area contributed by atoms with Gasteiger partial charge in [-0.2, -0.15) is 5.48 Å². The van der Waals surface area contributed by atoms with Gasteiger partial charge in [-0.3, -0.25) is 4.84 Å². The maximum Gasteiger partial charge on any atom is 0.342 e. The summed E-state index contributed by atoms with van der Waals surface area (Å²) < 4.78 is 5.47. The summed E-state index contributed by atoms with van der Waals surface area (Å²) in [4.78, 5) is 18.6. The van der Waals surface area contributed by atoms with Gasteiger partial charge in [-0.25, -0.2) is 4.79 Å². The summed E-state index contributed by atoms with van der Waals surface area (Å²) in [6, 6.07) is 10.7. The van der Waals surface area contributed by atoms with E-state index in [4.69, 9.17) is 9.57 Å². The van der Waals surface area contributed by atoms with Crippen LogP contribution in [0.5, 0.6) is 11.5 Å². The molecule has 170 valence electrons. The highest BCUT2D eigenvalue weighted by molar-refractivity contribution is 5.95. The van der Waals surface area contributed by atoms with Gasteiger partial charge in [0.25, 0.3) is 0 Å². The minimum absolute atomic E-state index is 0.0653. The number of nitrogens with one attached hydrogen (secondary N) is 1. The molecular weight excluding hydrogens is 406 g/mol. The number of aromatic hydroxyl groups is 2. The SMILES string of the molecule is Cc1c(O)cc(O)c2c1CC(NOCc1ccccc1)/C=C/CC/C=C/[C@H](C)COC2=O. The Balaban J connectivity index is 1.88. The van der Waals surface area contributed by atoms with Crippen LogP contribution in [0.3, 0.4) is 0 Å². The normalized spacial score (nSPS) is 21.8. The maximum atomic E-state index is 12.9. The average Bonchev–Trinajstić information content (AvgIpc) is 2.78. The zero-order chi connectivity index (χ0) is 22.9. The van der Waals surface area contributed by atoms with Crippen molar-refractivity contribution in [3.8, 4) is 11.5 Å². The second kappa shape index (κ2) is 11.5. The molecule has 1 aliphatic heterocycles. The summed E-state index contributed by atoms with van der Waals surface area (Å²) in [6.45, 7) is 4.29. The van der Waals surface area contributed by atoms with Gasteiger partial charge in [0.2, 0.25) is 0 Å². The number of cyclic esters (lactones) is 1. The third kappa shape index (κ3) is 6.45. The lowest BCUT2D eigenvalue weighted by atomic mass is 9.93. The Hall–Kier alpha value is -3.09. The minimum atomic E-state index is -0.606. The lowest BCUT2D eigenvalue weighted by Gasteiger charge is -2.20. The Morgan fingerprint density at radius 3 is 2.56 bits per heavy atom. The van der Waals surface area contributed by atoms with Crippen LogP contribution in [0.25, 0.3) is 0 Å². The van der Waals surface area contributed by atoms with Gasteiger partial charge < -0.3 is 14.9 Å². The van der Waals surface area contributed by atoms with E-state index < -0.39 is 5.97 Å². The van der Waals surface area contributed by atoms with Gasteiger partial charge in [0, 0.05) is 12.0 Å². The molecular formula is C26H31NO5. The number of fused-ring (bicyclic) bond motifs is 1. The molecule has 0 saturated heterocycles. The first-order valence-electron chi connectivity index (χ1n) is 10.9. The number of rotatable bonds is 4. The molecule has 6 nitrogen and oxygen atoms in total. The van der Waals surface area contributed by atoms with Gasteiger partial charge in [-0.15, -0.1) is 0 Å². The van der Waals surface area contributed by atoms with Crippen molar-refractivity contribution in [1.29, 1.82) is 0 Å². The monoisotopic (exact) mass is 437 g/mol. The van der Waals surface area contributed by atoms with E-state index in [9.17, 15) is 15.0 Å². The van der Waals surface area contributed by atoms with Crippen molar-refractivity contribution in [2.24, 2.45) is 5.92 Å². The predicted molar refractivity (Wildman–Crippen MR) is 123 cm³/mol. The fourth-order valence-electron chi connectivity index (χ4n) is 3.58. The van der Waals surface area contributed by atoms with Gasteiger partial charge in [0.05, 0.1) is 19.3 Å². The van der Waals surface area contributed by atoms with Crippen LogP contribution < -0.4 is 5.48 Å². The zero-order valence-corrected chi connectivity index (χ0v) is 18.6. The number of phenols is 2. The first kappa shape index (κ1) is 23.6. The number of carbonyl (C=O) groups is 1. The number of hydrogen-bond donors (Lipinski definition) is 3. The maximum absolute atomic E-state index is 12.9. The van der Waals surface area contributed by atoms with E-state index in [0.29, 0.717) is 24.2 Å². The molecule has 0 radical (unpaired) electrons. The van der Waals surface area contributed by atoms with Gasteiger partial charge in [0.1, 0.15) is 17.1 Å². The average molecular weight is 438 g/mol. The Morgan fingerprint density at radius 2 is 1.81 bits per heavy atom. The third-order valence-corrected chi connectivity index (χ3v) is 5.42. The topological polar surface area (TPSA) is 88.0 Å². The Bertz CT molecular complexity index is 968. The molecule has 0 aromatic heterocycles. The third-order valence-electron chi connectivity index (χ3n) is 5.42. The molecule has 32 heavy (non-hydrogen) atoms. The second-order valence-electron chi connectivity index (χ2n) is 8.11. The highest BCUT2D eigenvalue weighted by atomic mass is 16.6. The molecule has 0 aliphatic carbocycles. The van der Waals surface area contributed by atoms with E-state index in [-0.39, 0.29) is 35.6 Å². The van der Waals surface area contributed by atoms with Crippen LogP contribution in [-0.2, 0) is 22.6 Å². The molecule has 0 spiro atoms. The van der Waals surface area contributed by atoms with Gasteiger partial charge in [-0.1, -0.05) is 61.6 Å². The highest BCUT2D eigenvalue weighted by Gasteiger charge is 2.24. The molecule has 2 aromatic carbocycles. The minimum Gasteiger partial charge on any atom is -0.508 e. The molecule has 3 rings (SSSR count). The van der Waals surface area contributed by atoms with E-state index in [1.54, 1.807) is 6.92 Å². The highest BCUT2D eigenvalue weighted by Crippen LogP contribution is 2.33. The molecule has 1 heterocycles. The summed E-state index contributed by atoms with van der Waals surface area (Å²) >= 11 is 0. The number of phenolic OH excluding ortho intramolecular Hbond substituents is 2. The van der Waals surface area contributed by atoms with Crippen molar-refractivity contribution >= 4 is 5.97 Å². The Kier molecular flexibility index (Phi) is 8.48. The number of benzene rings is 2. The lowest BCUT2D eigenvalue weighted by Crippen LogP contribution is -2.30. The number of hydroxylamine groups is 1. The lowest BCUT2D eigenvalue weighted by molar-refractivity contribution is 0.0134. The number of hydrogen-bond acceptors (Lipinski definition) is 6. The first-order chi connectivity index (χ1) is 15.5. The molecule has 6 heteroatoms. The summed E-state index contributed by atoms with van der Waals surface area (Å²) in [5.74, 6) is -0.906. The van der Waals surface area contributed by atoms with Gasteiger partial charge >= 0.3 is 5.97 Å². The van der Waals surface area contributed by atoms with E-state index in [1.165, 1.54) is 6.07 Å². The summed E-state index contributed by atoms with van der Waals surface area (Å²) in [7, 11) is 0. The predicted octanol–water partition coefficient (Wildman–Crippen LogP) is 4.74. The van der Waals surface area contributed by atoms with Crippen molar-refractivity contribution in [2.45, 2.75) is 45.8 Å². The second-order valence-corrected chi connectivity index (χ2v) is 8.11. The van der Waals surface area contributed by atoms with Crippen molar-refractivity contribution < 1.29 is 24.6 Å². The first-order valence-corrected chi connectivity index (χ1v) is 10.9. The molecule has 0 fully saturated rings. The summed E-state index contributed by atoms with van der Waals surface area (Å²) in [5, 5.41) is 20.7. The molecule has 0 amide bonds. The van der Waals surface area contributed by atoms with E-state index in [0.717, 1.165) is 18.4 Å². The van der Waals surface area contributed by atoms with Gasteiger partial charge in [0.15, 0.2) is 0 Å². The molecule has 1 unspecified atom stereocenters. The van der Waals surface area contributed by atoms with Crippen LogP contribution in [-0.4, -0.2) is 28.8 Å². The summed E-state index contributed by atoms with van der Waals surface area (Å²) in [5.41, 5.74) is 5.22. The van der Waals surface area contributed by atoms with Crippen molar-refractivity contribution in [3.05, 3.63) is 83.0 Å². The van der Waals surface area contributed by atoms with Crippen LogP contribution in [0, 0.1) is 12.8 Å². The standard InChI is InChI=1S/C26H31NO5/c1-18-10-6-3-4-9-13-21(27-32-17-20-11-7-5-8-12-20)14-22-19(2)23(28)15-24(29)25(22)26(30)31-16-18/h5-13,15,18,21,27-29H,3-4,14,16-17H2,1-2H3/b10-6+,13-9+/t18-,21?/m0/s1. The Morgan fingerprint density at radius 1 is 1.09 bits per heavy atom. The van der Waals surface area contributed by atoms with Crippen LogP contribution in [0.15, 0.2) is 60.7 Å². The Labute approximate surface area is 189 Å². The van der Waals surface area contributed by atoms with Crippen LogP contribution in [0.4, 0.5) is 0 Å². The van der Waals surface area contributed by atoms with Crippen molar-refractivity contribution in [3.63, 3.8) is 0 Å². The van der Waals surface area contributed by atoms with E-state index in [1.807, 2.05) is 49.4 Å². The number of allylic oxidation sites excluding steroid dienone is 2. The fourth-order valence-corrected chi connectivity index (χ4v) is 3.58. The molecule has 0 bridgehead atoms.